The molecule has 4 aromatic rings. The lowest BCUT2D eigenvalue weighted by Crippen LogP contribution is -2.72. The lowest BCUT2D eigenvalue weighted by molar-refractivity contribution is -0.487. The second-order valence-electron chi connectivity index (χ2n) is 11.5. The lowest BCUT2D eigenvalue weighted by atomic mass is 9.95. The number of carbonyl (C=O) groups is 1. The highest BCUT2D eigenvalue weighted by atomic mass is 35.5. The van der Waals surface area contributed by atoms with Crippen LogP contribution in [0.25, 0.3) is 11.3 Å². The van der Waals surface area contributed by atoms with E-state index in [1.165, 1.54) is 36.4 Å². The highest BCUT2D eigenvalue weighted by Gasteiger charge is 2.31. The largest absolute Gasteiger partial charge is 0.369 e. The minimum atomic E-state index is -0.748. The van der Waals surface area contributed by atoms with E-state index in [1.807, 2.05) is 14.1 Å². The summed E-state index contributed by atoms with van der Waals surface area (Å²) >= 11 is 6.31. The molecule has 13 heteroatoms. The minimum Gasteiger partial charge on any atom is -0.369 e. The van der Waals surface area contributed by atoms with Crippen molar-refractivity contribution in [1.82, 2.24) is 20.2 Å². The third kappa shape index (κ3) is 6.50. The van der Waals surface area contributed by atoms with Gasteiger partial charge in [0.05, 0.1) is 23.5 Å². The van der Waals surface area contributed by atoms with Gasteiger partial charge in [0.2, 0.25) is 11.9 Å². The number of fused-ring (bicyclic) bond motifs is 3. The van der Waals surface area contributed by atoms with Gasteiger partial charge in [0, 0.05) is 52.0 Å². The summed E-state index contributed by atoms with van der Waals surface area (Å²) in [4.78, 5) is 32.7. The summed E-state index contributed by atoms with van der Waals surface area (Å²) in [5.74, 6) is -2.46. The van der Waals surface area contributed by atoms with Crippen LogP contribution < -0.4 is 16.4 Å². The number of hydrogen-bond acceptors (Lipinski definition) is 6. The average Bonchev–Trinajstić information content (AvgIpc) is 3.47. The van der Waals surface area contributed by atoms with E-state index in [0.717, 1.165) is 19.3 Å². The first-order valence-electron chi connectivity index (χ1n) is 14.7. The molecule has 46 heavy (non-hydrogen) atoms. The molecule has 6 rings (SSSR count). The lowest BCUT2D eigenvalue weighted by Gasteiger charge is -2.18. The van der Waals surface area contributed by atoms with Crippen LogP contribution in [0.1, 0.15) is 36.0 Å². The predicted molar refractivity (Wildman–Crippen MR) is 170 cm³/mol. The SMILES string of the molecule is CN(C)C1CCC(C(=O)NC(N)=Nc2cc([NH2+]c3ncc4c(n3)-c3ccc(Cl)cc3C(c3c(F)cccc3F)=NC4)ccc2F)C1. The van der Waals surface area contributed by atoms with Crippen molar-refractivity contribution in [3.05, 3.63) is 100.0 Å². The number of aromatic nitrogens is 2. The Labute approximate surface area is 268 Å². The van der Waals surface area contributed by atoms with Crippen LogP contribution in [-0.4, -0.2) is 52.6 Å². The van der Waals surface area contributed by atoms with Crippen LogP contribution in [-0.2, 0) is 11.3 Å². The summed E-state index contributed by atoms with van der Waals surface area (Å²) in [7, 11) is 3.97. The van der Waals surface area contributed by atoms with Crippen molar-refractivity contribution in [2.45, 2.75) is 31.8 Å². The van der Waals surface area contributed by atoms with E-state index in [-0.39, 0.29) is 41.3 Å². The van der Waals surface area contributed by atoms with E-state index in [1.54, 1.807) is 29.7 Å². The summed E-state index contributed by atoms with van der Waals surface area (Å²) in [6.07, 6.45) is 3.97. The maximum Gasteiger partial charge on any atom is 0.331 e. The van der Waals surface area contributed by atoms with E-state index in [9.17, 15) is 18.0 Å². The molecular weight excluding hydrogens is 617 g/mol. The average molecular weight is 648 g/mol. The highest BCUT2D eigenvalue weighted by molar-refractivity contribution is 6.31. The van der Waals surface area contributed by atoms with Crippen molar-refractivity contribution in [3.63, 3.8) is 0 Å². The molecule has 1 saturated carbocycles. The third-order valence-electron chi connectivity index (χ3n) is 8.25. The highest BCUT2D eigenvalue weighted by Crippen LogP contribution is 2.34. The number of guanidine groups is 1. The Balaban J connectivity index is 1.25. The zero-order valence-corrected chi connectivity index (χ0v) is 25.8. The summed E-state index contributed by atoms with van der Waals surface area (Å²) in [5.41, 5.74) is 8.47. The number of hydrogen-bond donors (Lipinski definition) is 3. The fourth-order valence-corrected chi connectivity index (χ4v) is 6.02. The van der Waals surface area contributed by atoms with Crippen molar-refractivity contribution in [2.24, 2.45) is 21.6 Å². The van der Waals surface area contributed by atoms with Crippen LogP contribution in [0.3, 0.4) is 0 Å². The van der Waals surface area contributed by atoms with Crippen LogP contribution in [0.4, 0.5) is 30.5 Å². The van der Waals surface area contributed by atoms with Gasteiger partial charge in [0.15, 0.2) is 0 Å². The maximum atomic E-state index is 14.9. The summed E-state index contributed by atoms with van der Waals surface area (Å²) < 4.78 is 44.5. The van der Waals surface area contributed by atoms with Gasteiger partial charge in [-0.05, 0) is 63.7 Å². The normalized spacial score (nSPS) is 17.7. The standard InChI is InChI=1S/C33H30ClF3N8O/c1-45(2)21-9-6-17(12-21)31(46)44-32(38)42-27-14-20(8-11-24(27)35)41-33-40-16-18-15-39-30(28-25(36)4-3-5-26(28)37)23-13-19(34)7-10-22(23)29(18)43-33/h3-5,7-8,10-11,13-14,16-17,21H,6,9,12,15H2,1-2H3,(H,40,41,43)(H3,38,42,44,46)/p+1. The van der Waals surface area contributed by atoms with Gasteiger partial charge in [-0.2, -0.15) is 9.97 Å². The van der Waals surface area contributed by atoms with Gasteiger partial charge in [-0.25, -0.2) is 23.5 Å². The smallest absolute Gasteiger partial charge is 0.331 e. The van der Waals surface area contributed by atoms with E-state index >= 15 is 0 Å². The number of nitrogens with zero attached hydrogens (tertiary/aromatic N) is 5. The summed E-state index contributed by atoms with van der Waals surface area (Å²) in [5, 5.41) is 4.60. The fourth-order valence-electron chi connectivity index (χ4n) is 5.85. The number of rotatable bonds is 6. The number of amides is 1. The molecule has 0 bridgehead atoms. The molecule has 2 aliphatic rings. The molecule has 2 unspecified atom stereocenters. The summed E-state index contributed by atoms with van der Waals surface area (Å²) in [6, 6.07) is 13.2. The zero-order chi connectivity index (χ0) is 32.5. The second kappa shape index (κ2) is 13.0. The summed E-state index contributed by atoms with van der Waals surface area (Å²) in [6.45, 7) is 0.0715. The molecule has 5 N–H and O–H groups in total. The molecular formula is C33H31ClF3N8O+. The molecule has 1 fully saturated rings. The van der Waals surface area contributed by atoms with E-state index in [2.05, 4.69) is 25.2 Å². The number of nitrogens with one attached hydrogen (secondary N) is 1. The molecule has 236 valence electrons. The monoisotopic (exact) mass is 647 g/mol. The first-order valence-corrected chi connectivity index (χ1v) is 15.1. The number of benzene rings is 3. The van der Waals surface area contributed by atoms with Gasteiger partial charge < -0.3 is 10.6 Å². The third-order valence-corrected chi connectivity index (χ3v) is 8.48. The second-order valence-corrected chi connectivity index (χ2v) is 12.0. The van der Waals surface area contributed by atoms with Crippen LogP contribution in [0, 0.1) is 23.4 Å². The van der Waals surface area contributed by atoms with Crippen LogP contribution in [0.15, 0.2) is 70.8 Å². The van der Waals surface area contributed by atoms with Gasteiger partial charge >= 0.3 is 5.95 Å². The molecule has 1 aliphatic carbocycles. The van der Waals surface area contributed by atoms with E-state index in [0.29, 0.717) is 45.1 Å². The van der Waals surface area contributed by atoms with Gasteiger partial charge in [-0.15, -0.1) is 0 Å². The Hall–Kier alpha value is -4.65. The molecule has 3 aromatic carbocycles. The topological polar surface area (TPSA) is 125 Å². The van der Waals surface area contributed by atoms with Crippen molar-refractivity contribution < 1.29 is 23.3 Å². The predicted octanol–water partition coefficient (Wildman–Crippen LogP) is 4.88. The fraction of sp³-hybridized carbons (Fsp3) is 0.242. The number of halogens is 4. The Morgan fingerprint density at radius 1 is 1.04 bits per heavy atom. The minimum absolute atomic E-state index is 0.0659. The van der Waals surface area contributed by atoms with Gasteiger partial charge in [0.1, 0.15) is 28.8 Å². The molecule has 2 atom stereocenters. The first kappa shape index (κ1) is 31.3. The Morgan fingerprint density at radius 2 is 1.83 bits per heavy atom. The molecule has 0 radical (unpaired) electrons. The number of quaternary nitrogens is 1. The quantitative estimate of drug-likeness (QED) is 0.156. The van der Waals surface area contributed by atoms with Crippen molar-refractivity contribution >= 4 is 46.5 Å². The molecule has 2 heterocycles. The molecule has 0 spiro atoms. The molecule has 1 aliphatic heterocycles. The van der Waals surface area contributed by atoms with Gasteiger partial charge in [0.25, 0.3) is 0 Å². The Kier molecular flexibility index (Phi) is 8.85. The number of carbonyl (C=O) groups excluding carboxylic acids is 1. The first-order chi connectivity index (χ1) is 22.1. The van der Waals surface area contributed by atoms with Crippen LogP contribution >= 0.6 is 11.6 Å². The van der Waals surface area contributed by atoms with E-state index < -0.39 is 17.5 Å². The molecule has 1 amide bonds. The van der Waals surface area contributed by atoms with Gasteiger partial charge in [-0.1, -0.05) is 23.7 Å². The number of aliphatic imine (C=N–C) groups is 2. The number of nitrogens with two attached hydrogens (primary N) is 2. The van der Waals surface area contributed by atoms with Crippen molar-refractivity contribution in [3.8, 4) is 11.3 Å². The van der Waals surface area contributed by atoms with Crippen LogP contribution in [0.2, 0.25) is 5.02 Å². The van der Waals surface area contributed by atoms with Crippen LogP contribution in [0.5, 0.6) is 0 Å². The molecule has 1 aromatic heterocycles. The zero-order valence-electron chi connectivity index (χ0n) is 25.1. The molecule has 9 nitrogen and oxygen atoms in total. The van der Waals surface area contributed by atoms with Crippen molar-refractivity contribution in [2.75, 3.05) is 14.1 Å². The Morgan fingerprint density at radius 3 is 2.57 bits per heavy atom. The Bertz CT molecular complexity index is 1880. The van der Waals surface area contributed by atoms with E-state index in [4.69, 9.17) is 22.3 Å². The van der Waals surface area contributed by atoms with Crippen molar-refractivity contribution in [1.29, 1.82) is 0 Å². The molecule has 0 saturated heterocycles. The van der Waals surface area contributed by atoms with Gasteiger partial charge in [-0.3, -0.25) is 15.1 Å². The maximum absolute atomic E-state index is 14.9.